The number of carbonyl (C=O) groups is 2. The van der Waals surface area contributed by atoms with E-state index in [1.807, 2.05) is 34.8 Å². The number of carbonyl (C=O) groups excluding carboxylic acids is 2. The molecule has 202 valence electrons. The van der Waals surface area contributed by atoms with Gasteiger partial charge in [-0.2, -0.15) is 5.10 Å². The molecular weight excluding hydrogens is 493 g/mol. The molecule has 0 saturated carbocycles. The summed E-state index contributed by atoms with van der Waals surface area (Å²) in [5.41, 5.74) is 4.54. The van der Waals surface area contributed by atoms with E-state index in [0.29, 0.717) is 49.6 Å². The zero-order chi connectivity index (χ0) is 27.4. The average molecular weight is 528 g/mol. The van der Waals surface area contributed by atoms with E-state index in [0.717, 1.165) is 47.0 Å². The number of methoxy groups -OCH3 is 1. The lowest BCUT2D eigenvalue weighted by atomic mass is 9.96. The van der Waals surface area contributed by atoms with Crippen LogP contribution < -0.4 is 0 Å². The van der Waals surface area contributed by atoms with Gasteiger partial charge in [-0.05, 0) is 73.6 Å². The first kappa shape index (κ1) is 26.8. The smallest absolute Gasteiger partial charge is 0.253 e. The summed E-state index contributed by atoms with van der Waals surface area (Å²) in [5.74, 6) is 0.294. The maximum absolute atomic E-state index is 14.1. The van der Waals surface area contributed by atoms with Crippen LogP contribution in [0.3, 0.4) is 0 Å². The Morgan fingerprint density at radius 3 is 2.49 bits per heavy atom. The zero-order valence-corrected chi connectivity index (χ0v) is 22.5. The van der Waals surface area contributed by atoms with E-state index in [1.165, 1.54) is 6.07 Å². The van der Waals surface area contributed by atoms with Crippen LogP contribution in [0.25, 0.3) is 22.0 Å². The highest BCUT2D eigenvalue weighted by atomic mass is 19.1. The number of hydrogen-bond acceptors (Lipinski definition) is 4. The molecule has 0 radical (unpaired) electrons. The summed E-state index contributed by atoms with van der Waals surface area (Å²) in [6, 6.07) is 17.6. The third-order valence-corrected chi connectivity index (χ3v) is 7.72. The maximum atomic E-state index is 14.1. The largest absolute Gasteiger partial charge is 0.385 e. The van der Waals surface area contributed by atoms with Crippen molar-refractivity contribution in [3.63, 3.8) is 0 Å². The minimum atomic E-state index is -0.272. The summed E-state index contributed by atoms with van der Waals surface area (Å²) in [6.45, 7) is 4.74. The van der Waals surface area contributed by atoms with Crippen molar-refractivity contribution in [3.05, 3.63) is 89.4 Å². The third-order valence-electron chi connectivity index (χ3n) is 7.72. The van der Waals surface area contributed by atoms with Gasteiger partial charge in [0.2, 0.25) is 0 Å². The van der Waals surface area contributed by atoms with Crippen molar-refractivity contribution in [2.45, 2.75) is 39.2 Å². The number of aryl methyl sites for hydroxylation is 1. The lowest BCUT2D eigenvalue weighted by Gasteiger charge is -2.32. The highest BCUT2D eigenvalue weighted by Gasteiger charge is 2.24. The lowest BCUT2D eigenvalue weighted by molar-refractivity contribution is 0.0681. The van der Waals surface area contributed by atoms with Gasteiger partial charge in [0.05, 0.1) is 5.52 Å². The minimum Gasteiger partial charge on any atom is -0.385 e. The monoisotopic (exact) mass is 527 g/mol. The molecule has 0 aliphatic carbocycles. The minimum absolute atomic E-state index is 0.0108. The zero-order valence-electron chi connectivity index (χ0n) is 22.5. The van der Waals surface area contributed by atoms with Crippen molar-refractivity contribution in [3.8, 4) is 11.1 Å². The SMILES string of the molecule is COCCCC(=O)c1ccc2nn(CC3CCN(C(=O)c4ccc(-c5ccccc5F)cc4)CC3)cc2c1C. The van der Waals surface area contributed by atoms with Gasteiger partial charge in [-0.3, -0.25) is 14.3 Å². The van der Waals surface area contributed by atoms with Crippen LogP contribution in [0.5, 0.6) is 0 Å². The van der Waals surface area contributed by atoms with Gasteiger partial charge in [-0.1, -0.05) is 30.3 Å². The lowest BCUT2D eigenvalue weighted by Crippen LogP contribution is -2.39. The van der Waals surface area contributed by atoms with Crippen LogP contribution >= 0.6 is 0 Å². The Labute approximate surface area is 228 Å². The number of fused-ring (bicyclic) bond motifs is 1. The van der Waals surface area contributed by atoms with Gasteiger partial charge in [-0.25, -0.2) is 4.39 Å². The Hall–Kier alpha value is -3.84. The third kappa shape index (κ3) is 5.93. The molecular formula is C32H34FN3O3. The van der Waals surface area contributed by atoms with Gasteiger partial charge < -0.3 is 9.64 Å². The summed E-state index contributed by atoms with van der Waals surface area (Å²) in [6.07, 6.45) is 5.04. The van der Waals surface area contributed by atoms with Crippen LogP contribution in [0.2, 0.25) is 0 Å². The van der Waals surface area contributed by atoms with E-state index in [9.17, 15) is 14.0 Å². The Bertz CT molecular complexity index is 1470. The molecule has 6 nitrogen and oxygen atoms in total. The predicted molar refractivity (Wildman–Crippen MR) is 150 cm³/mol. The number of hydrogen-bond donors (Lipinski definition) is 0. The van der Waals surface area contributed by atoms with Crippen LogP contribution in [0.1, 0.15) is 52.0 Å². The summed E-state index contributed by atoms with van der Waals surface area (Å²) < 4.78 is 21.2. The van der Waals surface area contributed by atoms with Gasteiger partial charge in [0, 0.05) is 68.0 Å². The standard InChI is InChI=1S/C32H34FN3O3/c1-22-26(31(37)8-5-19-39-2)13-14-30-28(22)21-36(34-30)20-23-15-17-35(18-16-23)32(38)25-11-9-24(10-12-25)27-6-3-4-7-29(27)33/h3-4,6-7,9-14,21,23H,5,8,15-20H2,1-2H3. The molecule has 5 rings (SSSR count). The topological polar surface area (TPSA) is 64.4 Å². The van der Waals surface area contributed by atoms with Crippen LogP contribution in [0.15, 0.2) is 66.9 Å². The Kier molecular flexibility index (Phi) is 8.17. The summed E-state index contributed by atoms with van der Waals surface area (Å²) in [5, 5.41) is 5.78. The number of Topliss-reactive ketones (excluding diaryl/α,β-unsaturated/α-hetero) is 1. The number of piperidine rings is 1. The Balaban J connectivity index is 1.18. The fourth-order valence-corrected chi connectivity index (χ4v) is 5.44. The molecule has 7 heteroatoms. The van der Waals surface area contributed by atoms with Crippen LogP contribution in [0.4, 0.5) is 4.39 Å². The molecule has 4 aromatic rings. The fraction of sp³-hybridized carbons (Fsp3) is 0.344. The summed E-state index contributed by atoms with van der Waals surface area (Å²) in [4.78, 5) is 27.7. The van der Waals surface area contributed by atoms with Gasteiger partial charge in [0.25, 0.3) is 5.91 Å². The van der Waals surface area contributed by atoms with E-state index in [-0.39, 0.29) is 17.5 Å². The average Bonchev–Trinajstić information content (AvgIpc) is 3.37. The molecule has 2 heterocycles. The molecule has 1 fully saturated rings. The number of halogens is 1. The summed E-state index contributed by atoms with van der Waals surface area (Å²) >= 11 is 0. The van der Waals surface area contributed by atoms with Crippen LogP contribution in [-0.4, -0.2) is 53.2 Å². The van der Waals surface area contributed by atoms with E-state index in [4.69, 9.17) is 9.84 Å². The quantitative estimate of drug-likeness (QED) is 0.189. The first-order chi connectivity index (χ1) is 18.9. The van der Waals surface area contributed by atoms with Crippen LogP contribution in [0, 0.1) is 18.7 Å². The number of likely N-dealkylation sites (tertiary alicyclic amines) is 1. The predicted octanol–water partition coefficient (Wildman–Crippen LogP) is 6.31. The van der Waals surface area contributed by atoms with E-state index in [2.05, 4.69) is 0 Å². The summed E-state index contributed by atoms with van der Waals surface area (Å²) in [7, 11) is 1.65. The molecule has 0 atom stereocenters. The van der Waals surface area contributed by atoms with Crippen molar-refractivity contribution in [2.75, 3.05) is 26.8 Å². The molecule has 3 aromatic carbocycles. The van der Waals surface area contributed by atoms with Gasteiger partial charge in [-0.15, -0.1) is 0 Å². The number of benzene rings is 3. The highest BCUT2D eigenvalue weighted by Crippen LogP contribution is 2.27. The van der Waals surface area contributed by atoms with Crippen molar-refractivity contribution >= 4 is 22.6 Å². The second-order valence-corrected chi connectivity index (χ2v) is 10.3. The van der Waals surface area contributed by atoms with E-state index < -0.39 is 0 Å². The first-order valence-electron chi connectivity index (χ1n) is 13.6. The number of aromatic nitrogens is 2. The molecule has 0 spiro atoms. The van der Waals surface area contributed by atoms with Crippen molar-refractivity contribution in [1.82, 2.24) is 14.7 Å². The van der Waals surface area contributed by atoms with E-state index >= 15 is 0 Å². The van der Waals surface area contributed by atoms with Crippen molar-refractivity contribution < 1.29 is 18.7 Å². The van der Waals surface area contributed by atoms with Crippen molar-refractivity contribution in [1.29, 1.82) is 0 Å². The number of ether oxygens (including phenoxy) is 1. The second kappa shape index (κ2) is 11.9. The molecule has 0 bridgehead atoms. The molecule has 39 heavy (non-hydrogen) atoms. The fourth-order valence-electron chi connectivity index (χ4n) is 5.44. The maximum Gasteiger partial charge on any atom is 0.253 e. The molecule has 1 saturated heterocycles. The number of amides is 1. The Morgan fingerprint density at radius 1 is 1.03 bits per heavy atom. The molecule has 0 unspecified atom stereocenters. The van der Waals surface area contributed by atoms with Gasteiger partial charge in [0.15, 0.2) is 5.78 Å². The molecule has 0 N–H and O–H groups in total. The molecule has 1 aliphatic heterocycles. The number of rotatable bonds is 9. The van der Waals surface area contributed by atoms with Crippen LogP contribution in [-0.2, 0) is 11.3 Å². The number of ketones is 1. The van der Waals surface area contributed by atoms with Gasteiger partial charge in [0.1, 0.15) is 5.82 Å². The second-order valence-electron chi connectivity index (χ2n) is 10.3. The first-order valence-corrected chi connectivity index (χ1v) is 13.6. The van der Waals surface area contributed by atoms with Gasteiger partial charge >= 0.3 is 0 Å². The molecule has 1 aliphatic rings. The molecule has 1 amide bonds. The van der Waals surface area contributed by atoms with Crippen molar-refractivity contribution in [2.24, 2.45) is 5.92 Å². The molecule has 1 aromatic heterocycles. The van der Waals surface area contributed by atoms with E-state index in [1.54, 1.807) is 49.6 Å². The number of nitrogens with zero attached hydrogens (tertiary/aromatic N) is 3. The highest BCUT2D eigenvalue weighted by molar-refractivity contribution is 6.01. The normalized spacial score (nSPS) is 14.2. The Morgan fingerprint density at radius 2 is 1.77 bits per heavy atom.